The van der Waals surface area contributed by atoms with Crippen LogP contribution < -0.4 is 5.73 Å². The van der Waals surface area contributed by atoms with Gasteiger partial charge in [0, 0.05) is 42.5 Å². The average Bonchev–Trinajstić information content (AvgIpc) is 3.37. The quantitative estimate of drug-likeness (QED) is 0.473. The summed E-state index contributed by atoms with van der Waals surface area (Å²) in [5.41, 5.74) is 10.9. The second-order valence-electron chi connectivity index (χ2n) is 9.66. The van der Waals surface area contributed by atoms with Crippen LogP contribution in [-0.4, -0.2) is 35.6 Å². The highest BCUT2D eigenvalue weighted by Crippen LogP contribution is 2.35. The number of pyridine rings is 1. The maximum absolute atomic E-state index is 14.0. The lowest BCUT2D eigenvalue weighted by Crippen LogP contribution is -2.40. The number of benzene rings is 1. The number of rotatable bonds is 7. The normalized spacial score (nSPS) is 20.0. The first-order chi connectivity index (χ1) is 16.2. The summed E-state index contributed by atoms with van der Waals surface area (Å²) in [5, 5.41) is 0.561. The Morgan fingerprint density at radius 3 is 2.76 bits per heavy atom. The molecule has 5 rings (SSSR count). The highest BCUT2D eigenvalue weighted by atomic mass is 19.1. The van der Waals surface area contributed by atoms with E-state index in [9.17, 15) is 4.39 Å². The lowest BCUT2D eigenvalue weighted by atomic mass is 9.77. The summed E-state index contributed by atoms with van der Waals surface area (Å²) in [6.45, 7) is 2.88. The molecule has 0 bridgehead atoms. The van der Waals surface area contributed by atoms with Crippen LogP contribution in [0.25, 0.3) is 16.5 Å². The minimum Gasteiger partial charge on any atom is -0.464 e. The van der Waals surface area contributed by atoms with Crippen molar-refractivity contribution in [2.75, 3.05) is 19.6 Å². The second kappa shape index (κ2) is 10.2. The highest BCUT2D eigenvalue weighted by Gasteiger charge is 2.30. The predicted octanol–water partition coefficient (Wildman–Crippen LogP) is 6.14. The Bertz CT molecular complexity index is 1090. The van der Waals surface area contributed by atoms with Gasteiger partial charge in [0.15, 0.2) is 0 Å². The topological polar surface area (TPSA) is 55.3 Å². The van der Waals surface area contributed by atoms with Crippen molar-refractivity contribution < 1.29 is 8.81 Å². The lowest BCUT2D eigenvalue weighted by molar-refractivity contribution is 0.239. The molecular weight excluding hydrogens is 413 g/mol. The van der Waals surface area contributed by atoms with Crippen LogP contribution in [0.4, 0.5) is 4.39 Å². The summed E-state index contributed by atoms with van der Waals surface area (Å²) < 4.78 is 19.6. The zero-order valence-electron chi connectivity index (χ0n) is 19.3. The van der Waals surface area contributed by atoms with E-state index in [4.69, 9.17) is 10.2 Å². The van der Waals surface area contributed by atoms with Crippen molar-refractivity contribution in [3.05, 3.63) is 72.0 Å². The first-order valence-corrected chi connectivity index (χ1v) is 12.4. The molecule has 33 heavy (non-hydrogen) atoms. The van der Waals surface area contributed by atoms with E-state index in [1.807, 2.05) is 18.3 Å². The summed E-state index contributed by atoms with van der Waals surface area (Å²) in [7, 11) is 0. The number of aromatic nitrogens is 1. The summed E-state index contributed by atoms with van der Waals surface area (Å²) in [6, 6.07) is 11.5. The minimum absolute atomic E-state index is 0.169. The zero-order valence-corrected chi connectivity index (χ0v) is 19.3. The Morgan fingerprint density at radius 2 is 2.00 bits per heavy atom. The Labute approximate surface area is 195 Å². The van der Waals surface area contributed by atoms with Crippen molar-refractivity contribution in [3.8, 4) is 0 Å². The molecule has 1 fully saturated rings. The first-order valence-electron chi connectivity index (χ1n) is 12.4. The first kappa shape index (κ1) is 22.3. The average molecular weight is 448 g/mol. The van der Waals surface area contributed by atoms with Crippen LogP contribution in [0.2, 0.25) is 0 Å². The van der Waals surface area contributed by atoms with Crippen LogP contribution in [-0.2, 0) is 0 Å². The molecule has 174 valence electrons. The maximum atomic E-state index is 14.0. The highest BCUT2D eigenvalue weighted by molar-refractivity contribution is 5.90. The van der Waals surface area contributed by atoms with Crippen molar-refractivity contribution in [1.29, 1.82) is 0 Å². The van der Waals surface area contributed by atoms with E-state index in [0.29, 0.717) is 22.8 Å². The molecule has 2 aromatic heterocycles. The lowest BCUT2D eigenvalue weighted by Gasteiger charge is -2.35. The number of nitrogens with zero attached hydrogens (tertiary/aromatic N) is 2. The molecule has 1 aliphatic heterocycles. The molecule has 2 atom stereocenters. The largest absolute Gasteiger partial charge is 0.464 e. The molecule has 4 nitrogen and oxygen atoms in total. The summed E-state index contributed by atoms with van der Waals surface area (Å²) in [5.74, 6) is 0.669. The summed E-state index contributed by atoms with van der Waals surface area (Å²) in [4.78, 5) is 7.19. The third-order valence-electron chi connectivity index (χ3n) is 7.69. The van der Waals surface area contributed by atoms with Gasteiger partial charge in [-0.1, -0.05) is 31.4 Å². The Balaban J connectivity index is 1.26. The fraction of sp³-hybridized carbons (Fsp3) is 0.464. The molecule has 2 aliphatic rings. The van der Waals surface area contributed by atoms with Gasteiger partial charge in [0.1, 0.15) is 11.4 Å². The second-order valence-corrected chi connectivity index (χ2v) is 9.66. The molecule has 1 saturated carbocycles. The van der Waals surface area contributed by atoms with Gasteiger partial charge in [0.05, 0.1) is 11.6 Å². The molecule has 0 saturated heterocycles. The number of hydrogen-bond acceptors (Lipinski definition) is 4. The molecule has 0 amide bonds. The molecule has 1 aromatic carbocycles. The Morgan fingerprint density at radius 1 is 1.12 bits per heavy atom. The van der Waals surface area contributed by atoms with Crippen molar-refractivity contribution in [2.45, 2.75) is 56.9 Å². The molecule has 0 spiro atoms. The van der Waals surface area contributed by atoms with Gasteiger partial charge in [-0.2, -0.15) is 0 Å². The van der Waals surface area contributed by atoms with Gasteiger partial charge < -0.3 is 10.2 Å². The zero-order chi connectivity index (χ0) is 22.6. The van der Waals surface area contributed by atoms with Crippen LogP contribution in [0.15, 0.2) is 59.4 Å². The van der Waals surface area contributed by atoms with Crippen LogP contribution in [0, 0.1) is 11.7 Å². The van der Waals surface area contributed by atoms with Gasteiger partial charge in [-0.15, -0.1) is 0 Å². The molecular formula is C28H34FN3O. The fourth-order valence-corrected chi connectivity index (χ4v) is 5.74. The number of nitrogens with two attached hydrogens (primary N) is 1. The van der Waals surface area contributed by atoms with Gasteiger partial charge >= 0.3 is 0 Å². The monoisotopic (exact) mass is 447 g/mol. The molecule has 2 N–H and O–H groups in total. The van der Waals surface area contributed by atoms with Gasteiger partial charge in [0.25, 0.3) is 0 Å². The van der Waals surface area contributed by atoms with E-state index in [1.165, 1.54) is 37.7 Å². The van der Waals surface area contributed by atoms with E-state index in [2.05, 4.69) is 28.1 Å². The van der Waals surface area contributed by atoms with Gasteiger partial charge in [-0.3, -0.25) is 9.88 Å². The predicted molar refractivity (Wildman–Crippen MR) is 131 cm³/mol. The summed E-state index contributed by atoms with van der Waals surface area (Å²) >= 11 is 0. The number of fused-ring (bicyclic) bond motifs is 1. The van der Waals surface area contributed by atoms with E-state index in [0.717, 1.165) is 43.7 Å². The van der Waals surface area contributed by atoms with Gasteiger partial charge in [0.2, 0.25) is 0 Å². The van der Waals surface area contributed by atoms with Crippen LogP contribution in [0.3, 0.4) is 0 Å². The van der Waals surface area contributed by atoms with Crippen LogP contribution >= 0.6 is 0 Å². The molecule has 3 heterocycles. The number of furan rings is 1. The van der Waals surface area contributed by atoms with E-state index < -0.39 is 0 Å². The molecule has 0 radical (unpaired) electrons. The molecule has 2 unspecified atom stereocenters. The van der Waals surface area contributed by atoms with Gasteiger partial charge in [-0.05, 0) is 74.1 Å². The van der Waals surface area contributed by atoms with Crippen molar-refractivity contribution >= 4 is 16.5 Å². The van der Waals surface area contributed by atoms with Crippen molar-refractivity contribution in [3.63, 3.8) is 0 Å². The van der Waals surface area contributed by atoms with E-state index >= 15 is 0 Å². The minimum atomic E-state index is -0.226. The number of hydrogen-bond donors (Lipinski definition) is 1. The molecule has 5 heteroatoms. The van der Waals surface area contributed by atoms with E-state index in [-0.39, 0.29) is 11.9 Å². The maximum Gasteiger partial charge on any atom is 0.144 e. The smallest absolute Gasteiger partial charge is 0.144 e. The third-order valence-corrected chi connectivity index (χ3v) is 7.69. The van der Waals surface area contributed by atoms with Crippen LogP contribution in [0.1, 0.15) is 62.1 Å². The molecule has 1 aliphatic carbocycles. The summed E-state index contributed by atoms with van der Waals surface area (Å²) in [6.07, 6.45) is 14.1. The number of halogens is 1. The van der Waals surface area contributed by atoms with Gasteiger partial charge in [-0.25, -0.2) is 4.39 Å². The molecule has 3 aromatic rings. The van der Waals surface area contributed by atoms with Crippen LogP contribution in [0.5, 0.6) is 0 Å². The Hall–Kier alpha value is -2.50. The Kier molecular flexibility index (Phi) is 6.88. The third kappa shape index (κ3) is 4.90. The van der Waals surface area contributed by atoms with Crippen molar-refractivity contribution in [2.24, 2.45) is 11.7 Å². The standard InChI is InChI=1S/C28H34FN3O/c29-25-10-9-22(28-23(25)14-19-33-28)20-11-16-32(17-12-20)18-13-24(26-8-4-5-15-31-26)27(30)21-6-2-1-3-7-21/h4-5,8-11,14-15,19,21,24,27H,1-3,6-7,12-13,16-18,30H2. The van der Waals surface area contributed by atoms with Crippen molar-refractivity contribution in [1.82, 2.24) is 9.88 Å². The SMILES string of the molecule is NC(C1CCCCC1)C(CCN1CC=C(c2ccc(F)c3ccoc23)CC1)c1ccccn1. The van der Waals surface area contributed by atoms with E-state index in [1.54, 1.807) is 18.4 Å². The fourth-order valence-electron chi connectivity index (χ4n) is 5.74.